The Morgan fingerprint density at radius 1 is 1.44 bits per heavy atom. The molecule has 2 rings (SSSR count). The van der Waals surface area contributed by atoms with Gasteiger partial charge < -0.3 is 24.8 Å². The number of methoxy groups -OCH3 is 2. The van der Waals surface area contributed by atoms with E-state index in [9.17, 15) is 19.7 Å². The molecule has 0 bridgehead atoms. The SMILES string of the molecule is COC(=O)c1cc(OC)c(NCC2CCN(C(=O)O)C2)c([N+](=O)[O-])c1. The van der Waals surface area contributed by atoms with Gasteiger partial charge >= 0.3 is 12.1 Å². The fourth-order valence-electron chi connectivity index (χ4n) is 2.74. The van der Waals surface area contributed by atoms with Crippen molar-refractivity contribution >= 4 is 23.4 Å². The van der Waals surface area contributed by atoms with Gasteiger partial charge in [-0.15, -0.1) is 0 Å². The molecule has 2 N–H and O–H groups in total. The molecule has 10 nitrogen and oxygen atoms in total. The van der Waals surface area contributed by atoms with Crippen molar-refractivity contribution in [1.29, 1.82) is 0 Å². The third-order valence-electron chi connectivity index (χ3n) is 4.04. The Kier molecular flexibility index (Phi) is 5.63. The van der Waals surface area contributed by atoms with Crippen LogP contribution in [-0.2, 0) is 4.74 Å². The number of likely N-dealkylation sites (tertiary alicyclic amines) is 1. The number of carbonyl (C=O) groups excluding carboxylic acids is 1. The summed E-state index contributed by atoms with van der Waals surface area (Å²) >= 11 is 0. The number of nitro groups is 1. The first kappa shape index (κ1) is 18.3. The van der Waals surface area contributed by atoms with Gasteiger partial charge in [-0.2, -0.15) is 0 Å². The number of nitrogens with one attached hydrogen (secondary N) is 1. The highest BCUT2D eigenvalue weighted by Gasteiger charge is 2.28. The number of ether oxygens (including phenoxy) is 2. The van der Waals surface area contributed by atoms with Crippen molar-refractivity contribution in [2.75, 3.05) is 39.2 Å². The van der Waals surface area contributed by atoms with E-state index in [0.29, 0.717) is 26.1 Å². The van der Waals surface area contributed by atoms with Crippen LogP contribution < -0.4 is 10.1 Å². The molecule has 1 atom stereocenters. The number of amides is 1. The molecule has 0 aliphatic carbocycles. The first-order chi connectivity index (χ1) is 11.9. The predicted octanol–water partition coefficient (Wildman–Crippen LogP) is 1.80. The summed E-state index contributed by atoms with van der Waals surface area (Å²) < 4.78 is 9.75. The van der Waals surface area contributed by atoms with Gasteiger partial charge in [0.25, 0.3) is 5.69 Å². The molecule has 0 spiro atoms. The molecule has 1 aromatic rings. The van der Waals surface area contributed by atoms with E-state index in [1.54, 1.807) is 0 Å². The summed E-state index contributed by atoms with van der Waals surface area (Å²) in [4.78, 5) is 34.7. The molecule has 25 heavy (non-hydrogen) atoms. The minimum Gasteiger partial charge on any atom is -0.494 e. The van der Waals surface area contributed by atoms with Crippen LogP contribution in [0.4, 0.5) is 16.2 Å². The molecule has 1 aromatic carbocycles. The van der Waals surface area contributed by atoms with Crippen LogP contribution >= 0.6 is 0 Å². The van der Waals surface area contributed by atoms with Crippen LogP contribution in [0.5, 0.6) is 5.75 Å². The number of rotatable bonds is 6. The maximum atomic E-state index is 11.7. The highest BCUT2D eigenvalue weighted by Crippen LogP contribution is 2.36. The van der Waals surface area contributed by atoms with Gasteiger partial charge in [-0.25, -0.2) is 9.59 Å². The lowest BCUT2D eigenvalue weighted by atomic mass is 10.1. The summed E-state index contributed by atoms with van der Waals surface area (Å²) in [6.45, 7) is 1.14. The summed E-state index contributed by atoms with van der Waals surface area (Å²) in [5.74, 6) is -0.538. The number of hydrogen-bond acceptors (Lipinski definition) is 7. The topological polar surface area (TPSA) is 131 Å². The second-order valence-corrected chi connectivity index (χ2v) is 5.59. The van der Waals surface area contributed by atoms with Crippen LogP contribution in [-0.4, -0.2) is 60.8 Å². The summed E-state index contributed by atoms with van der Waals surface area (Å²) in [6.07, 6.45) is -0.316. The van der Waals surface area contributed by atoms with E-state index in [1.165, 1.54) is 25.2 Å². The van der Waals surface area contributed by atoms with Crippen molar-refractivity contribution in [2.24, 2.45) is 5.92 Å². The molecule has 0 saturated carbocycles. The third-order valence-corrected chi connectivity index (χ3v) is 4.04. The summed E-state index contributed by atoms with van der Waals surface area (Å²) in [5, 5.41) is 23.3. The van der Waals surface area contributed by atoms with Gasteiger partial charge in [-0.3, -0.25) is 10.1 Å². The van der Waals surface area contributed by atoms with E-state index in [-0.39, 0.29) is 28.6 Å². The van der Waals surface area contributed by atoms with E-state index >= 15 is 0 Å². The second-order valence-electron chi connectivity index (χ2n) is 5.59. The summed E-state index contributed by atoms with van der Waals surface area (Å²) in [7, 11) is 2.52. The maximum absolute atomic E-state index is 11.7. The average molecular weight is 353 g/mol. The molecule has 1 heterocycles. The van der Waals surface area contributed by atoms with Crippen LogP contribution in [0, 0.1) is 16.0 Å². The van der Waals surface area contributed by atoms with Crippen LogP contribution in [0.3, 0.4) is 0 Å². The first-order valence-corrected chi connectivity index (χ1v) is 7.53. The van der Waals surface area contributed by atoms with Crippen LogP contribution in [0.1, 0.15) is 16.8 Å². The van der Waals surface area contributed by atoms with E-state index in [4.69, 9.17) is 9.84 Å². The van der Waals surface area contributed by atoms with Gasteiger partial charge in [0, 0.05) is 25.7 Å². The van der Waals surface area contributed by atoms with Crippen molar-refractivity contribution < 1.29 is 29.1 Å². The molecule has 0 aromatic heterocycles. The lowest BCUT2D eigenvalue weighted by molar-refractivity contribution is -0.384. The Labute approximate surface area is 143 Å². The molecule has 1 unspecified atom stereocenters. The van der Waals surface area contributed by atoms with Gasteiger partial charge in [0.1, 0.15) is 5.75 Å². The van der Waals surface area contributed by atoms with Gasteiger partial charge in [-0.05, 0) is 18.4 Å². The molecular formula is C15H19N3O7. The van der Waals surface area contributed by atoms with Crippen molar-refractivity contribution in [1.82, 2.24) is 4.90 Å². The van der Waals surface area contributed by atoms with Crippen LogP contribution in [0.15, 0.2) is 12.1 Å². The van der Waals surface area contributed by atoms with Crippen molar-refractivity contribution in [2.45, 2.75) is 6.42 Å². The molecule has 1 fully saturated rings. The number of anilines is 1. The molecule has 1 aliphatic rings. The van der Waals surface area contributed by atoms with E-state index in [2.05, 4.69) is 10.1 Å². The Morgan fingerprint density at radius 3 is 2.68 bits per heavy atom. The molecule has 136 valence electrons. The van der Waals surface area contributed by atoms with Gasteiger partial charge in [-0.1, -0.05) is 0 Å². The number of carbonyl (C=O) groups is 2. The highest BCUT2D eigenvalue weighted by molar-refractivity contribution is 5.92. The summed E-state index contributed by atoms with van der Waals surface area (Å²) in [6, 6.07) is 2.48. The van der Waals surface area contributed by atoms with Crippen LogP contribution in [0.2, 0.25) is 0 Å². The van der Waals surface area contributed by atoms with E-state index < -0.39 is 17.0 Å². The minimum atomic E-state index is -0.978. The fourth-order valence-corrected chi connectivity index (χ4v) is 2.74. The molecule has 1 aliphatic heterocycles. The lowest BCUT2D eigenvalue weighted by Crippen LogP contribution is -2.28. The summed E-state index contributed by atoms with van der Waals surface area (Å²) in [5.41, 5.74) is -0.156. The van der Waals surface area contributed by atoms with Gasteiger partial charge in [0.05, 0.1) is 24.7 Å². The fraction of sp³-hybridized carbons (Fsp3) is 0.467. The number of hydrogen-bond donors (Lipinski definition) is 2. The zero-order chi connectivity index (χ0) is 18.6. The molecule has 10 heteroatoms. The normalized spacial score (nSPS) is 16.4. The number of nitro benzene ring substituents is 1. The Bertz CT molecular complexity index is 692. The first-order valence-electron chi connectivity index (χ1n) is 7.53. The third kappa shape index (κ3) is 4.08. The van der Waals surface area contributed by atoms with E-state index in [0.717, 1.165) is 6.07 Å². The Morgan fingerprint density at radius 2 is 2.16 bits per heavy atom. The second kappa shape index (κ2) is 7.69. The number of nitrogens with zero attached hydrogens (tertiary/aromatic N) is 2. The Balaban J connectivity index is 2.22. The van der Waals surface area contributed by atoms with Crippen molar-refractivity contribution in [3.63, 3.8) is 0 Å². The van der Waals surface area contributed by atoms with Gasteiger partial charge in [0.15, 0.2) is 5.69 Å². The number of carboxylic acid groups (broad SMARTS) is 1. The largest absolute Gasteiger partial charge is 0.494 e. The standard InChI is InChI=1S/C15H19N3O7/c1-24-12-6-10(14(19)25-2)5-11(18(22)23)13(12)16-7-9-3-4-17(8-9)15(20)21/h5-6,9,16H,3-4,7-8H2,1-2H3,(H,20,21). The number of benzene rings is 1. The van der Waals surface area contributed by atoms with E-state index in [1.807, 2.05) is 0 Å². The van der Waals surface area contributed by atoms with Crippen molar-refractivity contribution in [3.05, 3.63) is 27.8 Å². The molecular weight excluding hydrogens is 334 g/mol. The monoisotopic (exact) mass is 353 g/mol. The highest BCUT2D eigenvalue weighted by atomic mass is 16.6. The Hall–Kier alpha value is -3.04. The van der Waals surface area contributed by atoms with Gasteiger partial charge in [0.2, 0.25) is 0 Å². The average Bonchev–Trinajstić information content (AvgIpc) is 3.07. The molecule has 0 radical (unpaired) electrons. The lowest BCUT2D eigenvalue weighted by Gasteiger charge is -2.16. The van der Waals surface area contributed by atoms with Crippen molar-refractivity contribution in [3.8, 4) is 5.75 Å². The smallest absolute Gasteiger partial charge is 0.407 e. The molecule has 1 amide bonds. The maximum Gasteiger partial charge on any atom is 0.407 e. The molecule has 1 saturated heterocycles. The number of esters is 1. The minimum absolute atomic E-state index is 0.00881. The quantitative estimate of drug-likeness (QED) is 0.449. The van der Waals surface area contributed by atoms with Crippen LogP contribution in [0.25, 0.3) is 0 Å². The zero-order valence-electron chi connectivity index (χ0n) is 13.9. The predicted molar refractivity (Wildman–Crippen MR) is 87.2 cm³/mol. The zero-order valence-corrected chi connectivity index (χ0v) is 13.9.